The molecule has 3 rings (SSSR count). The van der Waals surface area contributed by atoms with Crippen LogP contribution in [0, 0.1) is 6.92 Å². The van der Waals surface area contributed by atoms with E-state index in [1.165, 1.54) is 25.1 Å². The lowest BCUT2D eigenvalue weighted by atomic mass is 9.74. The summed E-state index contributed by atoms with van der Waals surface area (Å²) in [5, 5.41) is 30.0. The quantitative estimate of drug-likeness (QED) is 0.554. The fourth-order valence-corrected chi connectivity index (χ4v) is 3.64. The minimum atomic E-state index is -1.67. The van der Waals surface area contributed by atoms with Gasteiger partial charge in [0.15, 0.2) is 0 Å². The second-order valence-electron chi connectivity index (χ2n) is 6.25. The number of rotatable bonds is 4. The maximum atomic E-state index is 12.3. The number of phenols is 1. The van der Waals surface area contributed by atoms with Crippen LogP contribution in [-0.4, -0.2) is 32.2 Å². The van der Waals surface area contributed by atoms with Crippen LogP contribution in [-0.2, 0) is 10.2 Å². The van der Waals surface area contributed by atoms with Crippen molar-refractivity contribution < 1.29 is 24.9 Å². The first-order valence-electron chi connectivity index (χ1n) is 7.75. The molecule has 0 bridgehead atoms. The number of aromatic amines is 1. The average Bonchev–Trinajstić information content (AvgIpc) is 2.91. The minimum Gasteiger partial charge on any atom is -0.508 e. The highest BCUT2D eigenvalue weighted by Gasteiger charge is 2.41. The van der Waals surface area contributed by atoms with Crippen molar-refractivity contribution in [2.45, 2.75) is 19.3 Å². The number of fused-ring (bicyclic) bond motifs is 1. The molecule has 3 aromatic rings. The van der Waals surface area contributed by atoms with Crippen LogP contribution in [0.4, 0.5) is 0 Å². The zero-order chi connectivity index (χ0) is 19.2. The van der Waals surface area contributed by atoms with Gasteiger partial charge in [0.25, 0.3) is 0 Å². The highest BCUT2D eigenvalue weighted by Crippen LogP contribution is 2.42. The van der Waals surface area contributed by atoms with Crippen LogP contribution >= 0.6 is 11.6 Å². The van der Waals surface area contributed by atoms with Gasteiger partial charge in [-0.1, -0.05) is 23.7 Å². The molecule has 0 saturated heterocycles. The van der Waals surface area contributed by atoms with Crippen LogP contribution in [0.3, 0.4) is 0 Å². The number of carboxylic acid groups (broad SMARTS) is 2. The third-order valence-corrected chi connectivity index (χ3v) is 5.01. The van der Waals surface area contributed by atoms with Gasteiger partial charge in [-0.05, 0) is 49.2 Å². The summed E-state index contributed by atoms with van der Waals surface area (Å²) in [5.74, 6) is -2.50. The Bertz CT molecular complexity index is 1060. The van der Waals surface area contributed by atoms with Gasteiger partial charge in [0.2, 0.25) is 0 Å². The Kier molecular flexibility index (Phi) is 4.16. The molecule has 0 saturated carbocycles. The van der Waals surface area contributed by atoms with Crippen molar-refractivity contribution in [1.82, 2.24) is 4.98 Å². The molecule has 1 unspecified atom stereocenters. The van der Waals surface area contributed by atoms with E-state index in [-0.39, 0.29) is 27.5 Å². The fourth-order valence-electron chi connectivity index (χ4n) is 3.33. The van der Waals surface area contributed by atoms with E-state index in [1.807, 2.05) is 0 Å². The Morgan fingerprint density at radius 2 is 1.81 bits per heavy atom. The molecule has 26 heavy (non-hydrogen) atoms. The normalized spacial score (nSPS) is 13.5. The number of nitrogens with one attached hydrogen (secondary N) is 1. The summed E-state index contributed by atoms with van der Waals surface area (Å²) in [6, 6.07) is 8.96. The standard InChI is InChI=1S/C19H16ClNO5/c1-9-15(17(23)24)16-11(4-3-5-14(16)21-9)19(2,18(25)26)12-8-10(22)6-7-13(12)20/h3-8,21-22H,1-2H3,(H,23,24)(H,25,26). The van der Waals surface area contributed by atoms with Crippen LogP contribution in [0.1, 0.15) is 34.1 Å². The number of hydrogen-bond donors (Lipinski definition) is 4. The first kappa shape index (κ1) is 17.8. The topological polar surface area (TPSA) is 111 Å². The Labute approximate surface area is 153 Å². The van der Waals surface area contributed by atoms with E-state index in [1.54, 1.807) is 25.1 Å². The predicted molar refractivity (Wildman–Crippen MR) is 97.2 cm³/mol. The highest BCUT2D eigenvalue weighted by atomic mass is 35.5. The lowest BCUT2D eigenvalue weighted by molar-refractivity contribution is -0.141. The summed E-state index contributed by atoms with van der Waals surface area (Å²) in [6.07, 6.45) is 0. The van der Waals surface area contributed by atoms with Crippen LogP contribution in [0.2, 0.25) is 5.02 Å². The van der Waals surface area contributed by atoms with Crippen molar-refractivity contribution >= 4 is 34.4 Å². The van der Waals surface area contributed by atoms with Gasteiger partial charge in [0.05, 0.1) is 5.56 Å². The van der Waals surface area contributed by atoms with Crippen molar-refractivity contribution in [3.8, 4) is 5.75 Å². The monoisotopic (exact) mass is 373 g/mol. The number of aromatic carboxylic acids is 1. The zero-order valence-corrected chi connectivity index (χ0v) is 14.8. The summed E-state index contributed by atoms with van der Waals surface area (Å²) in [5.41, 5.74) is -0.268. The number of benzene rings is 2. The van der Waals surface area contributed by atoms with Gasteiger partial charge in [0, 0.05) is 21.6 Å². The SMILES string of the molecule is Cc1[nH]c2cccc(C(C)(C(=O)O)c3cc(O)ccc3Cl)c2c1C(=O)O. The Morgan fingerprint density at radius 3 is 2.42 bits per heavy atom. The molecule has 0 aliphatic carbocycles. The van der Waals surface area contributed by atoms with Crippen LogP contribution in [0.5, 0.6) is 5.75 Å². The van der Waals surface area contributed by atoms with Crippen molar-refractivity contribution in [2.75, 3.05) is 0 Å². The summed E-state index contributed by atoms with van der Waals surface area (Å²) < 4.78 is 0. The second kappa shape index (κ2) is 6.07. The molecular formula is C19H16ClNO5. The van der Waals surface area contributed by atoms with E-state index < -0.39 is 17.4 Å². The van der Waals surface area contributed by atoms with Gasteiger partial charge in [-0.3, -0.25) is 4.79 Å². The third-order valence-electron chi connectivity index (χ3n) is 4.68. The molecule has 4 N–H and O–H groups in total. The van der Waals surface area contributed by atoms with Crippen molar-refractivity contribution in [2.24, 2.45) is 0 Å². The number of phenolic OH excluding ortho intramolecular Hbond substituents is 1. The summed E-state index contributed by atoms with van der Waals surface area (Å²) in [4.78, 5) is 27.1. The zero-order valence-electron chi connectivity index (χ0n) is 14.0. The minimum absolute atomic E-state index is 0.0133. The lowest BCUT2D eigenvalue weighted by Gasteiger charge is -2.28. The highest BCUT2D eigenvalue weighted by molar-refractivity contribution is 6.32. The summed E-state index contributed by atoms with van der Waals surface area (Å²) in [6.45, 7) is 3.06. The van der Waals surface area contributed by atoms with E-state index >= 15 is 0 Å². The number of aliphatic carboxylic acids is 1. The molecule has 1 atom stereocenters. The van der Waals surface area contributed by atoms with Crippen LogP contribution < -0.4 is 0 Å². The number of hydrogen-bond acceptors (Lipinski definition) is 3. The molecule has 1 aromatic heterocycles. The van der Waals surface area contributed by atoms with Crippen LogP contribution in [0.15, 0.2) is 36.4 Å². The Hall–Kier alpha value is -2.99. The molecule has 0 aliphatic rings. The molecule has 0 radical (unpaired) electrons. The van der Waals surface area contributed by atoms with Crippen molar-refractivity contribution in [3.05, 3.63) is 63.8 Å². The van der Waals surface area contributed by atoms with E-state index in [0.717, 1.165) is 0 Å². The molecule has 0 aliphatic heterocycles. The molecule has 2 aromatic carbocycles. The Morgan fingerprint density at radius 1 is 1.12 bits per heavy atom. The maximum Gasteiger partial charge on any atom is 0.338 e. The maximum absolute atomic E-state index is 12.3. The number of carboxylic acids is 2. The molecule has 7 heteroatoms. The largest absolute Gasteiger partial charge is 0.508 e. The average molecular weight is 374 g/mol. The van der Waals surface area contributed by atoms with E-state index in [9.17, 15) is 24.9 Å². The number of aromatic nitrogens is 1. The smallest absolute Gasteiger partial charge is 0.338 e. The van der Waals surface area contributed by atoms with Gasteiger partial charge in [-0.2, -0.15) is 0 Å². The van der Waals surface area contributed by atoms with Crippen LogP contribution in [0.25, 0.3) is 10.9 Å². The number of aromatic hydroxyl groups is 1. The first-order chi connectivity index (χ1) is 12.2. The second-order valence-corrected chi connectivity index (χ2v) is 6.66. The van der Waals surface area contributed by atoms with Gasteiger partial charge < -0.3 is 20.3 Å². The number of aryl methyl sites for hydroxylation is 1. The first-order valence-corrected chi connectivity index (χ1v) is 8.13. The summed E-state index contributed by atoms with van der Waals surface area (Å²) >= 11 is 6.23. The van der Waals surface area contributed by atoms with Gasteiger partial charge in [0.1, 0.15) is 11.2 Å². The lowest BCUT2D eigenvalue weighted by Crippen LogP contribution is -2.34. The van der Waals surface area contributed by atoms with E-state index in [2.05, 4.69) is 4.98 Å². The molecule has 1 heterocycles. The molecule has 6 nitrogen and oxygen atoms in total. The molecule has 0 fully saturated rings. The van der Waals surface area contributed by atoms with Crippen molar-refractivity contribution in [3.63, 3.8) is 0 Å². The number of H-pyrrole nitrogens is 1. The van der Waals surface area contributed by atoms with Crippen molar-refractivity contribution in [1.29, 1.82) is 0 Å². The molecular weight excluding hydrogens is 358 g/mol. The van der Waals surface area contributed by atoms with E-state index in [0.29, 0.717) is 16.6 Å². The molecule has 0 spiro atoms. The molecule has 0 amide bonds. The third kappa shape index (κ3) is 2.50. The Balaban J connectivity index is 2.47. The summed E-state index contributed by atoms with van der Waals surface area (Å²) in [7, 11) is 0. The predicted octanol–water partition coefficient (Wildman–Crippen LogP) is 3.92. The van der Waals surface area contributed by atoms with Gasteiger partial charge in [-0.25, -0.2) is 4.79 Å². The number of carbonyl (C=O) groups is 2. The van der Waals surface area contributed by atoms with Gasteiger partial charge in [-0.15, -0.1) is 0 Å². The molecule has 134 valence electrons. The van der Waals surface area contributed by atoms with E-state index in [4.69, 9.17) is 11.6 Å². The number of halogens is 1. The fraction of sp³-hybridized carbons (Fsp3) is 0.158. The van der Waals surface area contributed by atoms with Gasteiger partial charge >= 0.3 is 11.9 Å².